The second kappa shape index (κ2) is 19.2. The Balaban J connectivity index is 0.000000199. The predicted octanol–water partition coefficient (Wildman–Crippen LogP) is 10.1. The molecule has 272 valence electrons. The van der Waals surface area contributed by atoms with E-state index in [2.05, 4.69) is 126 Å². The number of thiocarbonyl (C=S) groups is 1. The molecule has 0 heterocycles. The molecule has 5 nitrogen and oxygen atoms in total. The molecule has 7 rings (SSSR count). The van der Waals surface area contributed by atoms with Crippen LogP contribution in [0.15, 0.2) is 194 Å². The maximum absolute atomic E-state index is 6.51. The van der Waals surface area contributed by atoms with Crippen LogP contribution in [0.1, 0.15) is 13.8 Å². The van der Waals surface area contributed by atoms with Crippen LogP contribution in [0, 0.1) is 0 Å². The van der Waals surface area contributed by atoms with Crippen molar-refractivity contribution in [2.24, 2.45) is 0 Å². The zero-order chi connectivity index (χ0) is 37.4. The Morgan fingerprint density at radius 2 is 0.815 bits per heavy atom. The molecule has 0 spiro atoms. The summed E-state index contributed by atoms with van der Waals surface area (Å²) in [6, 6.07) is 66.7. The van der Waals surface area contributed by atoms with Gasteiger partial charge in [0.05, 0.1) is 13.2 Å². The first-order valence-electron chi connectivity index (χ1n) is 18.1. The molecule has 2 N–H and O–H groups in total. The van der Waals surface area contributed by atoms with Gasteiger partial charge in [-0.25, -0.2) is 0 Å². The number of hydrogen-bond acceptors (Lipinski definition) is 4. The van der Waals surface area contributed by atoms with E-state index in [0.29, 0.717) is 18.3 Å². The Morgan fingerprint density at radius 3 is 1.22 bits per heavy atom. The summed E-state index contributed by atoms with van der Waals surface area (Å²) in [5, 5.41) is 12.0. The molecule has 0 amide bonds. The first-order chi connectivity index (χ1) is 26.6. The van der Waals surface area contributed by atoms with Crippen molar-refractivity contribution in [2.75, 3.05) is 23.8 Å². The van der Waals surface area contributed by atoms with Crippen molar-refractivity contribution in [1.29, 1.82) is 0 Å². The molecule has 0 radical (unpaired) electrons. The quantitative estimate of drug-likeness (QED) is 0.0959. The van der Waals surface area contributed by atoms with Crippen LogP contribution in [0.5, 0.6) is 23.0 Å². The third kappa shape index (κ3) is 9.53. The van der Waals surface area contributed by atoms with Gasteiger partial charge in [-0.2, -0.15) is 0 Å². The van der Waals surface area contributed by atoms with Crippen LogP contribution in [0.3, 0.4) is 0 Å². The molecule has 0 aliphatic heterocycles. The van der Waals surface area contributed by atoms with E-state index in [1.807, 2.05) is 92.7 Å². The first kappa shape index (κ1) is 37.8. The average molecular weight is 749 g/mol. The van der Waals surface area contributed by atoms with E-state index in [-0.39, 0.29) is 0 Å². The molecule has 0 fully saturated rings. The fourth-order valence-electron chi connectivity index (χ4n) is 6.41. The van der Waals surface area contributed by atoms with Crippen LogP contribution in [0.2, 0.25) is 0 Å². The Kier molecular flexibility index (Phi) is 13.5. The second-order valence-corrected chi connectivity index (χ2v) is 16.4. The molecule has 0 aliphatic rings. The number of anilines is 2. The van der Waals surface area contributed by atoms with Gasteiger partial charge in [-0.05, 0) is 74.6 Å². The molecule has 0 atom stereocenters. The molecule has 0 aliphatic carbocycles. The van der Waals surface area contributed by atoms with Crippen LogP contribution in [0.4, 0.5) is 11.4 Å². The van der Waals surface area contributed by atoms with E-state index in [0.717, 1.165) is 34.4 Å². The monoisotopic (exact) mass is 748 g/mol. The van der Waals surface area contributed by atoms with Gasteiger partial charge in [0.2, 0.25) is 0 Å². The van der Waals surface area contributed by atoms with E-state index >= 15 is 0 Å². The summed E-state index contributed by atoms with van der Waals surface area (Å²) in [5.74, 6) is 3.44. The number of rotatable bonds is 12. The third-order valence-electron chi connectivity index (χ3n) is 8.73. The fourth-order valence-corrected chi connectivity index (χ4v) is 11.5. The topological polar surface area (TPSA) is 51.8 Å². The molecule has 7 aromatic rings. The average Bonchev–Trinajstić information content (AvgIpc) is 3.22. The Bertz CT molecular complexity index is 2020. The van der Waals surface area contributed by atoms with Crippen molar-refractivity contribution >= 4 is 57.2 Å². The molecule has 7 aromatic carbocycles. The van der Waals surface area contributed by atoms with Gasteiger partial charge in [0.25, 0.3) is 0 Å². The molecular weight excluding hydrogens is 704 g/mol. The van der Waals surface area contributed by atoms with E-state index < -0.39 is 7.26 Å². The van der Waals surface area contributed by atoms with Crippen molar-refractivity contribution in [2.45, 2.75) is 13.8 Å². The zero-order valence-electron chi connectivity index (χ0n) is 30.5. The number of para-hydroxylation sites is 2. The molecular formula is C47H45N2O3PS. The summed E-state index contributed by atoms with van der Waals surface area (Å²) in [5.41, 5.74) is 1.82. The molecule has 0 unspecified atom stereocenters. The van der Waals surface area contributed by atoms with E-state index in [1.54, 1.807) is 0 Å². The van der Waals surface area contributed by atoms with Gasteiger partial charge < -0.3 is 20.1 Å². The number of ether oxygens (including phenoxy) is 3. The summed E-state index contributed by atoms with van der Waals surface area (Å²) in [6.45, 7) is 5.24. The number of hydrogen-bond donors (Lipinski definition) is 2. The van der Waals surface area contributed by atoms with Crippen molar-refractivity contribution in [1.82, 2.24) is 0 Å². The minimum absolute atomic E-state index is 0.535. The zero-order valence-corrected chi connectivity index (χ0v) is 32.3. The Morgan fingerprint density at radius 1 is 0.444 bits per heavy atom. The predicted molar refractivity (Wildman–Crippen MR) is 234 cm³/mol. The van der Waals surface area contributed by atoms with Crippen LogP contribution in [0.25, 0.3) is 0 Å². The van der Waals surface area contributed by atoms with Crippen LogP contribution in [-0.2, 0) is 0 Å². The van der Waals surface area contributed by atoms with Gasteiger partial charge in [0.15, 0.2) is 5.11 Å². The van der Waals surface area contributed by atoms with Gasteiger partial charge in [-0.3, -0.25) is 0 Å². The third-order valence-corrected chi connectivity index (χ3v) is 13.8. The molecule has 0 aromatic heterocycles. The van der Waals surface area contributed by atoms with Gasteiger partial charge in [0, 0.05) is 11.4 Å². The van der Waals surface area contributed by atoms with Crippen molar-refractivity contribution in [3.8, 4) is 23.0 Å². The molecule has 0 saturated heterocycles. The SMILES string of the molecule is CCOc1ccc(NC(=S)Nc2ccc(OCC)cc2)cc1.c1ccc(Oc2ccccc2[PH](c2ccccc2)(c2ccccc2)c2ccccc2)cc1. The van der Waals surface area contributed by atoms with Gasteiger partial charge >= 0.3 is 190 Å². The van der Waals surface area contributed by atoms with Gasteiger partial charge in [0.1, 0.15) is 11.5 Å². The fraction of sp³-hybridized carbons (Fsp3) is 0.0851. The van der Waals surface area contributed by atoms with Crippen LogP contribution in [-0.4, -0.2) is 18.3 Å². The maximum atomic E-state index is 6.51. The first-order valence-corrected chi connectivity index (χ1v) is 20.5. The second-order valence-electron chi connectivity index (χ2n) is 12.3. The van der Waals surface area contributed by atoms with E-state index in [4.69, 9.17) is 26.4 Å². The van der Waals surface area contributed by atoms with Crippen LogP contribution >= 0.6 is 19.5 Å². The normalized spacial score (nSPS) is 10.9. The molecule has 0 bridgehead atoms. The summed E-state index contributed by atoms with van der Waals surface area (Å²) in [7, 11) is -2.62. The number of benzene rings is 7. The standard InChI is InChI=1S/C30H25OP.C17H20N2O2S/c1-5-15-25(16-6-1)31-29-23-13-14-24-30(29)32(26-17-7-2-8-18-26,27-19-9-3-10-20-27)28-21-11-4-12-22-28;1-3-20-15-9-5-13(6-10-15)18-17(22)19-14-7-11-16(12-8-14)21-4-2/h1-24,32H;5-12H,3-4H2,1-2H3,(H2,18,19,22). The molecule has 7 heteroatoms. The van der Waals surface area contributed by atoms with E-state index in [9.17, 15) is 0 Å². The van der Waals surface area contributed by atoms with E-state index in [1.165, 1.54) is 21.2 Å². The summed E-state index contributed by atoms with van der Waals surface area (Å²) < 4.78 is 17.3. The number of nitrogens with one attached hydrogen (secondary N) is 2. The van der Waals surface area contributed by atoms with Crippen LogP contribution < -0.4 is 46.1 Å². The molecule has 0 saturated carbocycles. The van der Waals surface area contributed by atoms with Crippen molar-refractivity contribution in [3.05, 3.63) is 194 Å². The summed E-state index contributed by atoms with van der Waals surface area (Å²) in [6.07, 6.45) is 0. The van der Waals surface area contributed by atoms with Gasteiger partial charge in [-0.1, -0.05) is 0 Å². The summed E-state index contributed by atoms with van der Waals surface area (Å²) >= 11 is 5.30. The van der Waals surface area contributed by atoms with Crippen molar-refractivity contribution < 1.29 is 14.2 Å². The Hall–Kier alpha value is -5.94. The molecule has 54 heavy (non-hydrogen) atoms. The summed E-state index contributed by atoms with van der Waals surface area (Å²) in [4.78, 5) is 0. The Labute approximate surface area is 324 Å². The van der Waals surface area contributed by atoms with Gasteiger partial charge in [-0.15, -0.1) is 0 Å². The van der Waals surface area contributed by atoms with Crippen molar-refractivity contribution in [3.63, 3.8) is 0 Å². The minimum atomic E-state index is -2.62.